The molecule has 1 fully saturated rings. The summed E-state index contributed by atoms with van der Waals surface area (Å²) >= 11 is 1.50. The maximum Gasteiger partial charge on any atom is 0.251 e. The van der Waals surface area contributed by atoms with Crippen LogP contribution in [0.2, 0.25) is 0 Å². The van der Waals surface area contributed by atoms with E-state index in [9.17, 15) is 13.2 Å². The molecule has 0 saturated carbocycles. The Morgan fingerprint density at radius 1 is 1.06 bits per heavy atom. The number of halogens is 3. The van der Waals surface area contributed by atoms with E-state index in [1.165, 1.54) is 23.5 Å². The molecule has 0 radical (unpaired) electrons. The van der Waals surface area contributed by atoms with Crippen LogP contribution in [0.1, 0.15) is 25.5 Å². The van der Waals surface area contributed by atoms with E-state index in [4.69, 9.17) is 9.97 Å². The molecule has 9 heteroatoms. The van der Waals surface area contributed by atoms with Crippen LogP contribution in [0.4, 0.5) is 29.8 Å². The molecule has 33 heavy (non-hydrogen) atoms. The molecule has 4 heterocycles. The number of aromatic nitrogens is 3. The zero-order valence-corrected chi connectivity index (χ0v) is 19.2. The number of imidazole rings is 1. The minimum Gasteiger partial charge on any atom is -0.370 e. The summed E-state index contributed by atoms with van der Waals surface area (Å²) in [6.45, 7) is 2.71. The number of nitrogens with zero attached hydrogens (tertiary/aromatic N) is 5. The monoisotopic (exact) mass is 471 g/mol. The molecule has 0 spiro atoms. The predicted octanol–water partition coefficient (Wildman–Crippen LogP) is 6.16. The number of hydrogen-bond acceptors (Lipinski definition) is 5. The van der Waals surface area contributed by atoms with Crippen LogP contribution in [0, 0.1) is 5.82 Å². The molecule has 0 N–H and O–H groups in total. The quantitative estimate of drug-likeness (QED) is 0.349. The third-order valence-corrected chi connectivity index (χ3v) is 7.00. The number of fused-ring (bicyclic) bond motifs is 1. The highest BCUT2D eigenvalue weighted by atomic mass is 32.1. The van der Waals surface area contributed by atoms with E-state index in [0.29, 0.717) is 13.1 Å². The second-order valence-electron chi connectivity index (χ2n) is 8.28. The number of thiazole rings is 1. The number of benzene rings is 1. The lowest BCUT2D eigenvalue weighted by Gasteiger charge is -2.33. The number of alkyl halides is 2. The highest BCUT2D eigenvalue weighted by Crippen LogP contribution is 2.35. The fraction of sp³-hybridized carbons (Fsp3) is 0.333. The largest absolute Gasteiger partial charge is 0.370 e. The summed E-state index contributed by atoms with van der Waals surface area (Å²) < 4.78 is 42.5. The van der Waals surface area contributed by atoms with Crippen molar-refractivity contribution in [1.29, 1.82) is 0 Å². The van der Waals surface area contributed by atoms with Gasteiger partial charge in [0.15, 0.2) is 5.13 Å². The average Bonchev–Trinajstić information content (AvgIpc) is 3.44. The second kappa shape index (κ2) is 8.37. The first kappa shape index (κ1) is 21.8. The maximum absolute atomic E-state index is 13.6. The Morgan fingerprint density at radius 3 is 2.48 bits per heavy atom. The van der Waals surface area contributed by atoms with Gasteiger partial charge in [-0.2, -0.15) is 0 Å². The minimum atomic E-state index is -2.58. The van der Waals surface area contributed by atoms with Gasteiger partial charge in [-0.3, -0.25) is 4.40 Å². The maximum atomic E-state index is 13.6. The first-order valence-corrected chi connectivity index (χ1v) is 11.8. The highest BCUT2D eigenvalue weighted by Gasteiger charge is 2.34. The van der Waals surface area contributed by atoms with Gasteiger partial charge in [0.2, 0.25) is 0 Å². The van der Waals surface area contributed by atoms with E-state index in [2.05, 4.69) is 6.92 Å². The lowest BCUT2D eigenvalue weighted by Crippen LogP contribution is -2.39. The Balaban J connectivity index is 1.49. The molecule has 1 aromatic carbocycles. The third kappa shape index (κ3) is 4.17. The summed E-state index contributed by atoms with van der Waals surface area (Å²) in [5, 5.41) is 2.74. The van der Waals surface area contributed by atoms with Gasteiger partial charge in [0.25, 0.3) is 5.92 Å². The van der Waals surface area contributed by atoms with Crippen LogP contribution in [0.3, 0.4) is 0 Å². The van der Waals surface area contributed by atoms with Crippen molar-refractivity contribution in [2.75, 3.05) is 29.9 Å². The van der Waals surface area contributed by atoms with E-state index < -0.39 is 5.92 Å². The SMILES string of the molecule is CCc1nc2ccc(N3CCC(F)(F)CC3)cn2c1N(C)c1nc(-c2ccc(F)cc2)cs1. The van der Waals surface area contributed by atoms with Gasteiger partial charge in [0, 0.05) is 50.1 Å². The third-order valence-electron chi connectivity index (χ3n) is 6.08. The first-order chi connectivity index (χ1) is 15.8. The van der Waals surface area contributed by atoms with Crippen LogP contribution in [0.25, 0.3) is 16.9 Å². The molecule has 3 aromatic heterocycles. The van der Waals surface area contributed by atoms with Gasteiger partial charge in [0.05, 0.1) is 17.1 Å². The summed E-state index contributed by atoms with van der Waals surface area (Å²) in [4.78, 5) is 13.6. The smallest absolute Gasteiger partial charge is 0.251 e. The van der Waals surface area contributed by atoms with Crippen LogP contribution >= 0.6 is 11.3 Å². The van der Waals surface area contributed by atoms with Gasteiger partial charge in [0.1, 0.15) is 17.3 Å². The Bertz CT molecular complexity index is 1270. The van der Waals surface area contributed by atoms with Gasteiger partial charge in [-0.15, -0.1) is 11.3 Å². The highest BCUT2D eigenvalue weighted by molar-refractivity contribution is 7.14. The van der Waals surface area contributed by atoms with Crippen molar-refractivity contribution >= 4 is 33.6 Å². The van der Waals surface area contributed by atoms with Crippen LogP contribution in [-0.2, 0) is 6.42 Å². The summed E-state index contributed by atoms with van der Waals surface area (Å²) in [7, 11) is 1.95. The fourth-order valence-corrected chi connectivity index (χ4v) is 5.00. The van der Waals surface area contributed by atoms with E-state index in [-0.39, 0.29) is 18.7 Å². The average molecular weight is 472 g/mol. The Hall–Kier alpha value is -3.07. The molecule has 0 bridgehead atoms. The summed E-state index contributed by atoms with van der Waals surface area (Å²) in [5.74, 6) is -1.96. The summed E-state index contributed by atoms with van der Waals surface area (Å²) in [5.41, 5.74) is 4.27. The molecule has 4 aromatic rings. The number of anilines is 3. The van der Waals surface area contributed by atoms with Crippen molar-refractivity contribution in [3.05, 3.63) is 59.5 Å². The number of rotatable bonds is 5. The van der Waals surface area contributed by atoms with Crippen LogP contribution in [0.5, 0.6) is 0 Å². The van der Waals surface area contributed by atoms with Crippen LogP contribution in [-0.4, -0.2) is 40.4 Å². The lowest BCUT2D eigenvalue weighted by atomic mass is 10.1. The number of piperidine rings is 1. The molecule has 1 aliphatic heterocycles. The van der Waals surface area contributed by atoms with Gasteiger partial charge in [-0.25, -0.2) is 23.1 Å². The summed E-state index contributed by atoms with van der Waals surface area (Å²) in [6.07, 6.45) is 2.45. The van der Waals surface area contributed by atoms with Crippen LogP contribution < -0.4 is 9.80 Å². The number of aryl methyl sites for hydroxylation is 1. The first-order valence-electron chi connectivity index (χ1n) is 10.9. The van der Waals surface area contributed by atoms with Gasteiger partial charge < -0.3 is 9.80 Å². The van der Waals surface area contributed by atoms with Gasteiger partial charge >= 0.3 is 0 Å². The molecule has 5 nitrogen and oxygen atoms in total. The number of pyridine rings is 1. The van der Waals surface area contributed by atoms with Crippen molar-refractivity contribution in [2.45, 2.75) is 32.1 Å². The minimum absolute atomic E-state index is 0.132. The van der Waals surface area contributed by atoms with E-state index in [0.717, 1.165) is 45.7 Å². The molecule has 0 amide bonds. The van der Waals surface area contributed by atoms with Crippen molar-refractivity contribution in [3.63, 3.8) is 0 Å². The predicted molar refractivity (Wildman–Crippen MR) is 127 cm³/mol. The molecule has 0 unspecified atom stereocenters. The molecule has 172 valence electrons. The molecule has 0 aliphatic carbocycles. The lowest BCUT2D eigenvalue weighted by molar-refractivity contribution is -0.0220. The molecule has 0 atom stereocenters. The number of hydrogen-bond donors (Lipinski definition) is 0. The Kier molecular flexibility index (Phi) is 5.52. The van der Waals surface area contributed by atoms with Gasteiger partial charge in [-0.05, 0) is 42.8 Å². The van der Waals surface area contributed by atoms with Crippen molar-refractivity contribution in [3.8, 4) is 11.3 Å². The normalized spacial score (nSPS) is 15.8. The topological polar surface area (TPSA) is 36.7 Å². The van der Waals surface area contributed by atoms with E-state index >= 15 is 0 Å². The zero-order chi connectivity index (χ0) is 23.2. The van der Waals surface area contributed by atoms with Crippen molar-refractivity contribution in [2.24, 2.45) is 0 Å². The zero-order valence-electron chi connectivity index (χ0n) is 18.4. The van der Waals surface area contributed by atoms with E-state index in [1.54, 1.807) is 12.1 Å². The second-order valence-corrected chi connectivity index (χ2v) is 9.11. The van der Waals surface area contributed by atoms with Crippen molar-refractivity contribution < 1.29 is 13.2 Å². The standard InChI is InChI=1S/C24H24F3N5S/c1-3-19-22(30(2)23-29-20(15-33-23)16-4-6-17(25)7-5-16)32-14-18(8-9-21(32)28-19)31-12-10-24(26,27)11-13-31/h4-9,14-15H,3,10-13H2,1-2H3. The summed E-state index contributed by atoms with van der Waals surface area (Å²) in [6, 6.07) is 10.2. The molecular formula is C24H24F3N5S. The Labute approximate surface area is 194 Å². The molecule has 1 aliphatic rings. The molecule has 5 rings (SSSR count). The fourth-order valence-electron chi connectivity index (χ4n) is 4.20. The van der Waals surface area contributed by atoms with E-state index in [1.807, 2.05) is 45.0 Å². The molecular weight excluding hydrogens is 447 g/mol. The van der Waals surface area contributed by atoms with Crippen LogP contribution in [0.15, 0.2) is 48.0 Å². The van der Waals surface area contributed by atoms with Crippen molar-refractivity contribution in [1.82, 2.24) is 14.4 Å². The Morgan fingerprint density at radius 2 is 1.79 bits per heavy atom. The van der Waals surface area contributed by atoms with Gasteiger partial charge in [-0.1, -0.05) is 6.92 Å². The molecule has 1 saturated heterocycles.